The first-order chi connectivity index (χ1) is 15.6. The maximum atomic E-state index is 10.4. The van der Waals surface area contributed by atoms with Gasteiger partial charge < -0.3 is 19.7 Å². The topological polar surface area (TPSA) is 83.6 Å². The summed E-state index contributed by atoms with van der Waals surface area (Å²) in [6, 6.07) is 14.8. The van der Waals surface area contributed by atoms with Crippen molar-refractivity contribution in [2.45, 2.75) is 37.8 Å². The van der Waals surface area contributed by atoms with Gasteiger partial charge in [0.1, 0.15) is 23.0 Å². The zero-order valence-electron chi connectivity index (χ0n) is 18.4. The number of ether oxygens (including phenoxy) is 2. The Morgan fingerprint density at radius 3 is 2.19 bits per heavy atom. The highest BCUT2D eigenvalue weighted by atomic mass is 16.5. The molecular weight excluding hydrogens is 404 g/mol. The maximum absolute atomic E-state index is 10.4. The molecule has 2 N–H and O–H groups in total. The highest BCUT2D eigenvalue weighted by Gasteiger charge is 2.24. The number of hydrogen-bond acceptors (Lipinski definition) is 6. The minimum Gasteiger partial charge on any atom is -0.507 e. The van der Waals surface area contributed by atoms with Crippen molar-refractivity contribution in [3.63, 3.8) is 0 Å². The molecule has 0 saturated heterocycles. The van der Waals surface area contributed by atoms with E-state index < -0.39 is 0 Å². The molecule has 32 heavy (non-hydrogen) atoms. The van der Waals surface area contributed by atoms with Crippen LogP contribution in [0.2, 0.25) is 0 Å². The summed E-state index contributed by atoms with van der Waals surface area (Å²) in [6.45, 7) is 0. The summed E-state index contributed by atoms with van der Waals surface area (Å²) >= 11 is 0. The van der Waals surface area contributed by atoms with Crippen LogP contribution in [0.1, 0.15) is 36.8 Å². The molecule has 0 bridgehead atoms. The predicted octanol–water partition coefficient (Wildman–Crippen LogP) is 5.12. The fourth-order valence-corrected chi connectivity index (χ4v) is 4.20. The molecule has 0 spiro atoms. The number of aliphatic imine (C=N–C) groups is 2. The van der Waals surface area contributed by atoms with E-state index in [9.17, 15) is 10.2 Å². The number of hydrogen-bond donors (Lipinski definition) is 2. The second kappa shape index (κ2) is 9.73. The first-order valence-electron chi connectivity index (χ1n) is 10.8. The fraction of sp³-hybridized carbons (Fsp3) is 0.308. The summed E-state index contributed by atoms with van der Waals surface area (Å²) in [7, 11) is 3.09. The van der Waals surface area contributed by atoms with Crippen molar-refractivity contribution < 1.29 is 19.7 Å². The van der Waals surface area contributed by atoms with E-state index in [1.54, 1.807) is 44.8 Å². The molecule has 1 aliphatic rings. The molecular formula is C26H28N2O4. The number of benzene rings is 3. The van der Waals surface area contributed by atoms with E-state index in [0.717, 1.165) is 42.0 Å². The molecule has 0 radical (unpaired) electrons. The van der Waals surface area contributed by atoms with Gasteiger partial charge in [-0.1, -0.05) is 43.2 Å². The number of aromatic hydroxyl groups is 2. The number of nitrogens with zero attached hydrogens (tertiary/aromatic N) is 2. The van der Waals surface area contributed by atoms with E-state index in [0.29, 0.717) is 17.1 Å². The van der Waals surface area contributed by atoms with Gasteiger partial charge in [0.2, 0.25) is 0 Å². The normalized spacial score (nSPS) is 19.1. The van der Waals surface area contributed by atoms with E-state index in [2.05, 4.69) is 0 Å². The third-order valence-corrected chi connectivity index (χ3v) is 5.98. The third-order valence-electron chi connectivity index (χ3n) is 5.98. The van der Waals surface area contributed by atoms with Gasteiger partial charge in [0, 0.05) is 30.1 Å². The second-order valence-corrected chi connectivity index (χ2v) is 7.96. The molecule has 0 aliphatic heterocycles. The van der Waals surface area contributed by atoms with Gasteiger partial charge in [0.15, 0.2) is 0 Å². The molecule has 1 fully saturated rings. The van der Waals surface area contributed by atoms with Gasteiger partial charge in [-0.2, -0.15) is 0 Å². The van der Waals surface area contributed by atoms with Crippen molar-refractivity contribution in [1.29, 1.82) is 0 Å². The van der Waals surface area contributed by atoms with Gasteiger partial charge in [0.05, 0.1) is 31.9 Å². The summed E-state index contributed by atoms with van der Waals surface area (Å²) < 4.78 is 10.6. The fourth-order valence-electron chi connectivity index (χ4n) is 4.20. The minimum absolute atomic E-state index is 0.00440. The lowest BCUT2D eigenvalue weighted by atomic mass is 9.91. The van der Waals surface area contributed by atoms with Crippen molar-refractivity contribution in [1.82, 2.24) is 0 Å². The van der Waals surface area contributed by atoms with Crippen LogP contribution in [0.4, 0.5) is 0 Å². The molecule has 0 aromatic heterocycles. The quantitative estimate of drug-likeness (QED) is 0.530. The Hall–Kier alpha value is -3.54. The number of fused-ring (bicyclic) bond motifs is 1. The van der Waals surface area contributed by atoms with Crippen molar-refractivity contribution in [2.24, 2.45) is 9.98 Å². The smallest absolute Gasteiger partial charge is 0.135 e. The van der Waals surface area contributed by atoms with Gasteiger partial charge in [-0.25, -0.2) is 0 Å². The van der Waals surface area contributed by atoms with Gasteiger partial charge in [-0.15, -0.1) is 0 Å². The van der Waals surface area contributed by atoms with Gasteiger partial charge >= 0.3 is 0 Å². The number of methoxy groups -OCH3 is 2. The van der Waals surface area contributed by atoms with Gasteiger partial charge in [-0.05, 0) is 29.7 Å². The molecule has 6 nitrogen and oxygen atoms in total. The first-order valence-corrected chi connectivity index (χ1v) is 10.8. The minimum atomic E-state index is -0.0108. The SMILES string of the molecule is COc1cc(O)c(C=NC2CCCCC2N=Cc2c(O)ccc3ccccc23)c(OC)c1. The summed E-state index contributed by atoms with van der Waals surface area (Å²) in [5.41, 5.74) is 1.25. The summed E-state index contributed by atoms with van der Waals surface area (Å²) in [5.74, 6) is 1.30. The van der Waals surface area contributed by atoms with Crippen molar-refractivity contribution >= 4 is 23.2 Å². The average molecular weight is 433 g/mol. The van der Waals surface area contributed by atoms with Crippen LogP contribution < -0.4 is 9.47 Å². The Balaban J connectivity index is 1.61. The zero-order valence-corrected chi connectivity index (χ0v) is 18.4. The second-order valence-electron chi connectivity index (χ2n) is 7.96. The Labute approximate surface area is 187 Å². The maximum Gasteiger partial charge on any atom is 0.135 e. The highest BCUT2D eigenvalue weighted by molar-refractivity contribution is 6.02. The molecule has 3 aromatic carbocycles. The Bertz CT molecular complexity index is 1160. The number of phenolic OH excluding ortho intramolecular Hbond substituents is 2. The van der Waals surface area contributed by atoms with Crippen LogP contribution in [0.15, 0.2) is 58.5 Å². The monoisotopic (exact) mass is 432 g/mol. The van der Waals surface area contributed by atoms with E-state index >= 15 is 0 Å². The standard InChI is InChI=1S/C26H28N2O4/c1-31-18-13-25(30)21(26(14-18)32-2)16-28-23-10-6-5-9-22(23)27-15-20-19-8-4-3-7-17(19)11-12-24(20)29/h3-4,7-8,11-16,22-23,29-30H,5-6,9-10H2,1-2H3. The van der Waals surface area contributed by atoms with Crippen molar-refractivity contribution in [2.75, 3.05) is 14.2 Å². The van der Waals surface area contributed by atoms with Crippen LogP contribution in [-0.4, -0.2) is 48.9 Å². The molecule has 3 aromatic rings. The molecule has 2 unspecified atom stereocenters. The third kappa shape index (κ3) is 4.54. The van der Waals surface area contributed by atoms with Crippen LogP contribution in [0.3, 0.4) is 0 Å². The van der Waals surface area contributed by atoms with Crippen molar-refractivity contribution in [3.05, 3.63) is 59.7 Å². The highest BCUT2D eigenvalue weighted by Crippen LogP contribution is 2.33. The van der Waals surface area contributed by atoms with E-state index in [4.69, 9.17) is 19.5 Å². The number of phenols is 2. The number of rotatable bonds is 6. The largest absolute Gasteiger partial charge is 0.507 e. The lowest BCUT2D eigenvalue weighted by Gasteiger charge is -2.25. The summed E-state index contributed by atoms with van der Waals surface area (Å²) in [6.07, 6.45) is 7.46. The first kappa shape index (κ1) is 21.7. The Morgan fingerprint density at radius 2 is 1.50 bits per heavy atom. The average Bonchev–Trinajstić information content (AvgIpc) is 2.82. The van der Waals surface area contributed by atoms with E-state index in [1.165, 1.54) is 0 Å². The van der Waals surface area contributed by atoms with Crippen LogP contribution in [-0.2, 0) is 0 Å². The van der Waals surface area contributed by atoms with Gasteiger partial charge in [-0.3, -0.25) is 9.98 Å². The van der Waals surface area contributed by atoms with Crippen LogP contribution >= 0.6 is 0 Å². The molecule has 6 heteroatoms. The molecule has 166 valence electrons. The van der Waals surface area contributed by atoms with Crippen LogP contribution in [0.5, 0.6) is 23.0 Å². The molecule has 0 amide bonds. The predicted molar refractivity (Wildman–Crippen MR) is 128 cm³/mol. The molecule has 0 heterocycles. The summed E-state index contributed by atoms with van der Waals surface area (Å²) in [5, 5.41) is 22.9. The van der Waals surface area contributed by atoms with Gasteiger partial charge in [0.25, 0.3) is 0 Å². The Morgan fingerprint density at radius 1 is 0.812 bits per heavy atom. The molecule has 4 rings (SSSR count). The molecule has 2 atom stereocenters. The van der Waals surface area contributed by atoms with E-state index in [1.807, 2.05) is 30.3 Å². The molecule has 1 saturated carbocycles. The van der Waals surface area contributed by atoms with E-state index in [-0.39, 0.29) is 23.6 Å². The lowest BCUT2D eigenvalue weighted by Crippen LogP contribution is -2.27. The summed E-state index contributed by atoms with van der Waals surface area (Å²) in [4.78, 5) is 9.61. The zero-order chi connectivity index (χ0) is 22.5. The Kier molecular flexibility index (Phi) is 6.59. The van der Waals surface area contributed by atoms with Crippen molar-refractivity contribution in [3.8, 4) is 23.0 Å². The molecule has 1 aliphatic carbocycles. The van der Waals surface area contributed by atoms with Crippen LogP contribution in [0, 0.1) is 0 Å². The lowest BCUT2D eigenvalue weighted by molar-refractivity contribution is 0.382. The van der Waals surface area contributed by atoms with Crippen LogP contribution in [0.25, 0.3) is 10.8 Å².